The average Bonchev–Trinajstić information content (AvgIpc) is 2.76. The summed E-state index contributed by atoms with van der Waals surface area (Å²) >= 11 is 0. The van der Waals surface area contributed by atoms with Crippen LogP contribution in [-0.4, -0.2) is 25.2 Å². The Hall–Kier alpha value is -0.800. The van der Waals surface area contributed by atoms with E-state index in [0.29, 0.717) is 12.1 Å². The molecule has 2 saturated heterocycles. The van der Waals surface area contributed by atoms with Crippen molar-refractivity contribution >= 4 is 18.1 Å². The maximum absolute atomic E-state index is 13.2. The molecule has 94 valence electrons. The van der Waals surface area contributed by atoms with E-state index in [9.17, 15) is 4.39 Å². The summed E-state index contributed by atoms with van der Waals surface area (Å²) in [6.07, 6.45) is 3.64. The van der Waals surface area contributed by atoms with Crippen molar-refractivity contribution in [1.29, 1.82) is 0 Å². The standard InChI is InChI=1S/C13H17FN2.ClH/c14-10-3-1-4-11(9-10)16-8-2-5-12-13(16)6-7-15-12;/h1,3-4,9,12-13,15H,2,5-8H2;1H/t12-,13-;/m1./s1. The predicted octanol–water partition coefficient (Wildman–Crippen LogP) is 2.58. The number of anilines is 1. The average molecular weight is 257 g/mol. The molecule has 0 unspecified atom stereocenters. The van der Waals surface area contributed by atoms with Crippen LogP contribution in [0.4, 0.5) is 10.1 Å². The fourth-order valence-corrected chi connectivity index (χ4v) is 3.04. The Bertz CT molecular complexity index is 385. The van der Waals surface area contributed by atoms with Gasteiger partial charge in [0.25, 0.3) is 0 Å². The zero-order valence-electron chi connectivity index (χ0n) is 9.73. The first kappa shape index (κ1) is 12.7. The normalized spacial score (nSPS) is 27.5. The van der Waals surface area contributed by atoms with Gasteiger partial charge in [0.15, 0.2) is 0 Å². The van der Waals surface area contributed by atoms with Crippen molar-refractivity contribution < 1.29 is 4.39 Å². The van der Waals surface area contributed by atoms with Gasteiger partial charge in [0, 0.05) is 24.3 Å². The van der Waals surface area contributed by atoms with E-state index in [4.69, 9.17) is 0 Å². The van der Waals surface area contributed by atoms with Crippen molar-refractivity contribution in [1.82, 2.24) is 5.32 Å². The monoisotopic (exact) mass is 256 g/mol. The van der Waals surface area contributed by atoms with Gasteiger partial charge in [0.05, 0.1) is 0 Å². The number of nitrogens with zero attached hydrogens (tertiary/aromatic N) is 1. The van der Waals surface area contributed by atoms with Crippen LogP contribution in [0.2, 0.25) is 0 Å². The van der Waals surface area contributed by atoms with E-state index in [1.165, 1.54) is 25.3 Å². The first-order chi connectivity index (χ1) is 7.84. The summed E-state index contributed by atoms with van der Waals surface area (Å²) in [5, 5.41) is 3.54. The largest absolute Gasteiger partial charge is 0.367 e. The summed E-state index contributed by atoms with van der Waals surface area (Å²) in [6.45, 7) is 2.16. The maximum Gasteiger partial charge on any atom is 0.125 e. The topological polar surface area (TPSA) is 15.3 Å². The van der Waals surface area contributed by atoms with Crippen molar-refractivity contribution in [3.63, 3.8) is 0 Å². The second-order valence-electron chi connectivity index (χ2n) is 4.73. The van der Waals surface area contributed by atoms with Crippen molar-refractivity contribution in [3.05, 3.63) is 30.1 Å². The second-order valence-corrected chi connectivity index (χ2v) is 4.73. The third-order valence-corrected chi connectivity index (χ3v) is 3.77. The van der Waals surface area contributed by atoms with Crippen molar-refractivity contribution in [2.24, 2.45) is 0 Å². The summed E-state index contributed by atoms with van der Waals surface area (Å²) < 4.78 is 13.2. The Morgan fingerprint density at radius 3 is 3.00 bits per heavy atom. The molecule has 0 spiro atoms. The Balaban J connectivity index is 0.00000108. The van der Waals surface area contributed by atoms with Crippen LogP contribution >= 0.6 is 12.4 Å². The quantitative estimate of drug-likeness (QED) is 0.831. The molecule has 2 nitrogen and oxygen atoms in total. The second kappa shape index (κ2) is 5.23. The highest BCUT2D eigenvalue weighted by molar-refractivity contribution is 5.85. The molecule has 1 aromatic rings. The summed E-state index contributed by atoms with van der Waals surface area (Å²) in [6, 6.07) is 8.16. The van der Waals surface area contributed by atoms with E-state index in [2.05, 4.69) is 10.2 Å². The summed E-state index contributed by atoms with van der Waals surface area (Å²) in [7, 11) is 0. The van der Waals surface area contributed by atoms with E-state index in [1.54, 1.807) is 12.1 Å². The highest BCUT2D eigenvalue weighted by Crippen LogP contribution is 2.29. The number of hydrogen-bond acceptors (Lipinski definition) is 2. The van der Waals surface area contributed by atoms with Crippen LogP contribution in [0.3, 0.4) is 0 Å². The molecule has 2 heterocycles. The van der Waals surface area contributed by atoms with E-state index in [-0.39, 0.29) is 18.2 Å². The number of nitrogens with one attached hydrogen (secondary N) is 1. The Kier molecular flexibility index (Phi) is 3.89. The van der Waals surface area contributed by atoms with Crippen molar-refractivity contribution in [2.75, 3.05) is 18.0 Å². The van der Waals surface area contributed by atoms with Gasteiger partial charge in [-0.05, 0) is 44.0 Å². The molecule has 0 saturated carbocycles. The fraction of sp³-hybridized carbons (Fsp3) is 0.538. The Morgan fingerprint density at radius 2 is 2.18 bits per heavy atom. The lowest BCUT2D eigenvalue weighted by molar-refractivity contribution is 0.411. The smallest absolute Gasteiger partial charge is 0.125 e. The molecule has 3 rings (SSSR count). The maximum atomic E-state index is 13.2. The molecule has 0 radical (unpaired) electrons. The molecule has 0 bridgehead atoms. The van der Waals surface area contributed by atoms with Crippen LogP contribution in [-0.2, 0) is 0 Å². The molecule has 2 aliphatic heterocycles. The van der Waals surface area contributed by atoms with Crippen LogP contribution < -0.4 is 10.2 Å². The number of benzene rings is 1. The molecule has 4 heteroatoms. The van der Waals surface area contributed by atoms with Gasteiger partial charge >= 0.3 is 0 Å². The van der Waals surface area contributed by atoms with E-state index >= 15 is 0 Å². The first-order valence-electron chi connectivity index (χ1n) is 6.10. The van der Waals surface area contributed by atoms with Crippen LogP contribution in [0.25, 0.3) is 0 Å². The van der Waals surface area contributed by atoms with Gasteiger partial charge in [-0.1, -0.05) is 6.07 Å². The minimum atomic E-state index is -0.134. The van der Waals surface area contributed by atoms with Gasteiger partial charge in [-0.2, -0.15) is 0 Å². The fourth-order valence-electron chi connectivity index (χ4n) is 3.04. The SMILES string of the molecule is Cl.Fc1cccc(N2CCC[C@H]3NCC[C@H]32)c1. The molecule has 17 heavy (non-hydrogen) atoms. The number of halogens is 2. The lowest BCUT2D eigenvalue weighted by atomic mass is 9.97. The molecule has 0 aliphatic carbocycles. The highest BCUT2D eigenvalue weighted by Gasteiger charge is 2.34. The highest BCUT2D eigenvalue weighted by atomic mass is 35.5. The molecular weight excluding hydrogens is 239 g/mol. The van der Waals surface area contributed by atoms with E-state index in [0.717, 1.165) is 18.8 Å². The van der Waals surface area contributed by atoms with Crippen molar-refractivity contribution in [3.8, 4) is 0 Å². The Labute approximate surface area is 108 Å². The lowest BCUT2D eigenvalue weighted by Crippen LogP contribution is -2.48. The number of rotatable bonds is 1. The first-order valence-corrected chi connectivity index (χ1v) is 6.10. The number of piperidine rings is 1. The van der Waals surface area contributed by atoms with Gasteiger partial charge in [-0.3, -0.25) is 0 Å². The minimum absolute atomic E-state index is 0. The zero-order chi connectivity index (χ0) is 11.0. The van der Waals surface area contributed by atoms with Crippen LogP contribution in [0.5, 0.6) is 0 Å². The van der Waals surface area contributed by atoms with Crippen LogP contribution in [0.1, 0.15) is 19.3 Å². The van der Waals surface area contributed by atoms with Gasteiger partial charge in [-0.25, -0.2) is 4.39 Å². The van der Waals surface area contributed by atoms with Gasteiger partial charge in [0.1, 0.15) is 5.82 Å². The summed E-state index contributed by atoms with van der Waals surface area (Å²) in [5.41, 5.74) is 1.04. The van der Waals surface area contributed by atoms with Crippen LogP contribution in [0.15, 0.2) is 24.3 Å². The molecule has 1 N–H and O–H groups in total. The molecule has 2 atom stereocenters. The molecule has 0 amide bonds. The van der Waals surface area contributed by atoms with Crippen molar-refractivity contribution in [2.45, 2.75) is 31.3 Å². The van der Waals surface area contributed by atoms with E-state index < -0.39 is 0 Å². The number of fused-ring (bicyclic) bond motifs is 1. The third kappa shape index (κ3) is 2.40. The van der Waals surface area contributed by atoms with E-state index in [1.807, 2.05) is 6.07 Å². The zero-order valence-corrected chi connectivity index (χ0v) is 10.5. The van der Waals surface area contributed by atoms with Gasteiger partial charge < -0.3 is 10.2 Å². The van der Waals surface area contributed by atoms with Gasteiger partial charge in [-0.15, -0.1) is 12.4 Å². The number of hydrogen-bond donors (Lipinski definition) is 1. The molecular formula is C13H18ClFN2. The summed E-state index contributed by atoms with van der Waals surface area (Å²) in [4.78, 5) is 2.37. The lowest BCUT2D eigenvalue weighted by Gasteiger charge is -2.39. The van der Waals surface area contributed by atoms with Gasteiger partial charge in [0.2, 0.25) is 0 Å². The Morgan fingerprint density at radius 1 is 1.29 bits per heavy atom. The van der Waals surface area contributed by atoms with Crippen LogP contribution in [0, 0.1) is 5.82 Å². The minimum Gasteiger partial charge on any atom is -0.367 e. The summed E-state index contributed by atoms with van der Waals surface area (Å²) in [5.74, 6) is -0.134. The molecule has 2 aliphatic rings. The predicted molar refractivity (Wildman–Crippen MR) is 70.4 cm³/mol. The molecule has 0 aromatic heterocycles. The molecule has 2 fully saturated rings. The molecule has 1 aromatic carbocycles. The third-order valence-electron chi connectivity index (χ3n) is 3.77.